The van der Waals surface area contributed by atoms with E-state index in [4.69, 9.17) is 9.15 Å². The van der Waals surface area contributed by atoms with Crippen molar-refractivity contribution < 1.29 is 9.15 Å². The largest absolute Gasteiger partial charge is 0.493 e. The first kappa shape index (κ1) is 15.4. The highest BCUT2D eigenvalue weighted by atomic mass is 16.5. The Balaban J connectivity index is 1.53. The van der Waals surface area contributed by atoms with Crippen molar-refractivity contribution in [3.8, 4) is 5.75 Å². The standard InChI is InChI=1S/C19H22N2O2/c1-13-11-20-12-17(13)10-16-4-6-18(7-5-16)22-9-8-19-14(2)23-15(3)21-19/h4-7,11-12,20H,8-10H2,1-3H3. The molecule has 120 valence electrons. The molecule has 1 aromatic carbocycles. The topological polar surface area (TPSA) is 51.0 Å². The number of aryl methyl sites for hydroxylation is 3. The van der Waals surface area contributed by atoms with Gasteiger partial charge < -0.3 is 14.1 Å². The van der Waals surface area contributed by atoms with E-state index in [-0.39, 0.29) is 0 Å². The van der Waals surface area contributed by atoms with Crippen LogP contribution in [0.1, 0.15) is 34.0 Å². The first-order valence-electron chi connectivity index (χ1n) is 7.88. The summed E-state index contributed by atoms with van der Waals surface area (Å²) in [5.41, 5.74) is 4.88. The van der Waals surface area contributed by atoms with Gasteiger partial charge >= 0.3 is 0 Å². The van der Waals surface area contributed by atoms with Crippen molar-refractivity contribution >= 4 is 0 Å². The Hall–Kier alpha value is -2.49. The summed E-state index contributed by atoms with van der Waals surface area (Å²) in [5, 5.41) is 0. The van der Waals surface area contributed by atoms with E-state index in [0.29, 0.717) is 12.5 Å². The van der Waals surface area contributed by atoms with Crippen molar-refractivity contribution in [3.63, 3.8) is 0 Å². The maximum atomic E-state index is 5.80. The van der Waals surface area contributed by atoms with E-state index in [1.165, 1.54) is 16.7 Å². The highest BCUT2D eigenvalue weighted by Crippen LogP contribution is 2.17. The number of hydrogen-bond donors (Lipinski definition) is 1. The van der Waals surface area contributed by atoms with E-state index >= 15 is 0 Å². The minimum absolute atomic E-state index is 0.600. The highest BCUT2D eigenvalue weighted by Gasteiger charge is 2.06. The number of aromatic amines is 1. The molecule has 2 aromatic heterocycles. The Morgan fingerprint density at radius 3 is 2.48 bits per heavy atom. The number of nitrogens with zero attached hydrogens (tertiary/aromatic N) is 1. The third kappa shape index (κ3) is 3.83. The van der Waals surface area contributed by atoms with Crippen LogP contribution in [0.2, 0.25) is 0 Å². The number of ether oxygens (including phenoxy) is 1. The normalized spacial score (nSPS) is 10.9. The predicted molar refractivity (Wildman–Crippen MR) is 90.0 cm³/mol. The van der Waals surface area contributed by atoms with Crippen LogP contribution in [0.3, 0.4) is 0 Å². The van der Waals surface area contributed by atoms with Gasteiger partial charge in [0.15, 0.2) is 5.89 Å². The van der Waals surface area contributed by atoms with Gasteiger partial charge in [0.2, 0.25) is 0 Å². The van der Waals surface area contributed by atoms with E-state index in [2.05, 4.69) is 35.2 Å². The summed E-state index contributed by atoms with van der Waals surface area (Å²) in [5.74, 6) is 2.47. The summed E-state index contributed by atoms with van der Waals surface area (Å²) >= 11 is 0. The molecule has 3 aromatic rings. The number of aromatic nitrogens is 2. The van der Waals surface area contributed by atoms with Crippen LogP contribution in [0.4, 0.5) is 0 Å². The first-order valence-corrected chi connectivity index (χ1v) is 7.88. The summed E-state index contributed by atoms with van der Waals surface area (Å²) in [4.78, 5) is 7.50. The maximum Gasteiger partial charge on any atom is 0.191 e. The van der Waals surface area contributed by atoms with Crippen LogP contribution in [0, 0.1) is 20.8 Å². The fraction of sp³-hybridized carbons (Fsp3) is 0.316. The molecule has 4 nitrogen and oxygen atoms in total. The molecule has 0 saturated carbocycles. The summed E-state index contributed by atoms with van der Waals surface area (Å²) in [7, 11) is 0. The van der Waals surface area contributed by atoms with Crippen molar-refractivity contribution in [2.75, 3.05) is 6.61 Å². The molecule has 0 atom stereocenters. The summed E-state index contributed by atoms with van der Waals surface area (Å²) < 4.78 is 11.2. The molecular formula is C19H22N2O2. The molecule has 4 heteroatoms. The molecule has 1 N–H and O–H groups in total. The average Bonchev–Trinajstić information content (AvgIpc) is 3.07. The molecular weight excluding hydrogens is 288 g/mol. The molecule has 0 saturated heterocycles. The zero-order valence-electron chi connectivity index (χ0n) is 13.8. The minimum atomic E-state index is 0.600. The lowest BCUT2D eigenvalue weighted by molar-refractivity contribution is 0.320. The van der Waals surface area contributed by atoms with Crippen LogP contribution in [0.5, 0.6) is 5.75 Å². The van der Waals surface area contributed by atoms with Crippen molar-refractivity contribution in [1.29, 1.82) is 0 Å². The van der Waals surface area contributed by atoms with E-state index in [0.717, 1.165) is 30.0 Å². The number of H-pyrrole nitrogens is 1. The third-order valence-electron chi connectivity index (χ3n) is 3.99. The summed E-state index contributed by atoms with van der Waals surface area (Å²) in [6.07, 6.45) is 5.78. The maximum absolute atomic E-state index is 5.80. The zero-order chi connectivity index (χ0) is 16.2. The Bertz CT molecular complexity index is 769. The van der Waals surface area contributed by atoms with Crippen molar-refractivity contribution in [2.45, 2.75) is 33.6 Å². The number of benzene rings is 1. The van der Waals surface area contributed by atoms with Gasteiger partial charge in [0.05, 0.1) is 12.3 Å². The van der Waals surface area contributed by atoms with E-state index in [1.54, 1.807) is 0 Å². The molecule has 2 heterocycles. The van der Waals surface area contributed by atoms with Crippen LogP contribution in [0.25, 0.3) is 0 Å². The lowest BCUT2D eigenvalue weighted by Crippen LogP contribution is -2.02. The molecule has 0 fully saturated rings. The van der Waals surface area contributed by atoms with E-state index in [9.17, 15) is 0 Å². The SMILES string of the molecule is Cc1nc(CCOc2ccc(Cc3c[nH]cc3C)cc2)c(C)o1. The van der Waals surface area contributed by atoms with Gasteiger partial charge in [0.25, 0.3) is 0 Å². The molecule has 0 spiro atoms. The predicted octanol–water partition coefficient (Wildman–Crippen LogP) is 4.14. The molecule has 3 rings (SSSR count). The molecule has 0 aliphatic heterocycles. The van der Waals surface area contributed by atoms with Crippen molar-refractivity contribution in [2.24, 2.45) is 0 Å². The van der Waals surface area contributed by atoms with Crippen LogP contribution < -0.4 is 4.74 Å². The van der Waals surface area contributed by atoms with Crippen LogP contribution in [-0.2, 0) is 12.8 Å². The zero-order valence-corrected chi connectivity index (χ0v) is 13.8. The lowest BCUT2D eigenvalue weighted by atomic mass is 10.0. The van der Waals surface area contributed by atoms with Crippen LogP contribution >= 0.6 is 0 Å². The molecule has 0 bridgehead atoms. The van der Waals surface area contributed by atoms with Gasteiger partial charge in [-0.1, -0.05) is 12.1 Å². The molecule has 0 aliphatic rings. The smallest absolute Gasteiger partial charge is 0.191 e. The third-order valence-corrected chi connectivity index (χ3v) is 3.99. The Labute approximate surface area is 136 Å². The number of nitrogens with one attached hydrogen (secondary N) is 1. The van der Waals surface area contributed by atoms with Crippen LogP contribution in [-0.4, -0.2) is 16.6 Å². The van der Waals surface area contributed by atoms with Gasteiger partial charge in [-0.15, -0.1) is 0 Å². The van der Waals surface area contributed by atoms with E-state index in [1.807, 2.05) is 32.2 Å². The van der Waals surface area contributed by atoms with Crippen molar-refractivity contribution in [3.05, 3.63) is 70.7 Å². The molecule has 0 radical (unpaired) electrons. The molecule has 23 heavy (non-hydrogen) atoms. The van der Waals surface area contributed by atoms with Crippen LogP contribution in [0.15, 0.2) is 41.1 Å². The lowest BCUT2D eigenvalue weighted by Gasteiger charge is -2.07. The average molecular weight is 310 g/mol. The molecule has 0 unspecified atom stereocenters. The number of hydrogen-bond acceptors (Lipinski definition) is 3. The Kier molecular flexibility index (Phi) is 4.51. The number of oxazole rings is 1. The van der Waals surface area contributed by atoms with Gasteiger partial charge in [-0.25, -0.2) is 4.98 Å². The Morgan fingerprint density at radius 1 is 1.09 bits per heavy atom. The van der Waals surface area contributed by atoms with Gasteiger partial charge in [0.1, 0.15) is 11.5 Å². The minimum Gasteiger partial charge on any atom is -0.493 e. The van der Waals surface area contributed by atoms with Gasteiger partial charge in [-0.05, 0) is 49.1 Å². The fourth-order valence-corrected chi connectivity index (χ4v) is 2.66. The van der Waals surface area contributed by atoms with Gasteiger partial charge in [0, 0.05) is 25.7 Å². The quantitative estimate of drug-likeness (QED) is 0.744. The summed E-state index contributed by atoms with van der Waals surface area (Å²) in [6, 6.07) is 8.29. The van der Waals surface area contributed by atoms with Crippen molar-refractivity contribution in [1.82, 2.24) is 9.97 Å². The first-order chi connectivity index (χ1) is 11.1. The fourth-order valence-electron chi connectivity index (χ4n) is 2.66. The molecule has 0 amide bonds. The van der Waals surface area contributed by atoms with Gasteiger partial charge in [-0.2, -0.15) is 0 Å². The summed E-state index contributed by atoms with van der Waals surface area (Å²) in [6.45, 7) is 6.52. The van der Waals surface area contributed by atoms with Gasteiger partial charge in [-0.3, -0.25) is 0 Å². The number of rotatable bonds is 6. The second kappa shape index (κ2) is 6.73. The second-order valence-electron chi connectivity index (χ2n) is 5.82. The monoisotopic (exact) mass is 310 g/mol. The van der Waals surface area contributed by atoms with E-state index < -0.39 is 0 Å². The second-order valence-corrected chi connectivity index (χ2v) is 5.82. The highest BCUT2D eigenvalue weighted by molar-refractivity contribution is 5.33. The Morgan fingerprint density at radius 2 is 1.87 bits per heavy atom. The molecule has 0 aliphatic carbocycles.